The summed E-state index contributed by atoms with van der Waals surface area (Å²) in [6.07, 6.45) is 4.98. The minimum Gasteiger partial charge on any atom is -0.314 e. The Bertz CT molecular complexity index is 124. The molecular formula is C10H22N2S. The van der Waals surface area contributed by atoms with Crippen molar-refractivity contribution in [3.8, 4) is 0 Å². The van der Waals surface area contributed by atoms with E-state index in [-0.39, 0.29) is 0 Å². The predicted molar refractivity (Wildman–Crippen MR) is 61.5 cm³/mol. The lowest BCUT2D eigenvalue weighted by atomic mass is 10.4. The maximum absolute atomic E-state index is 3.50. The third-order valence-corrected chi connectivity index (χ3v) is 3.61. The number of thioether (sulfide) groups is 1. The van der Waals surface area contributed by atoms with E-state index in [1.807, 2.05) is 11.8 Å². The van der Waals surface area contributed by atoms with Gasteiger partial charge >= 0.3 is 0 Å². The lowest BCUT2D eigenvalue weighted by Gasteiger charge is -2.15. The van der Waals surface area contributed by atoms with E-state index in [0.717, 1.165) is 18.3 Å². The highest BCUT2D eigenvalue weighted by atomic mass is 32.2. The zero-order chi connectivity index (χ0) is 9.52. The van der Waals surface area contributed by atoms with Crippen molar-refractivity contribution < 1.29 is 0 Å². The fourth-order valence-corrected chi connectivity index (χ4v) is 1.92. The van der Waals surface area contributed by atoms with Gasteiger partial charge in [-0.1, -0.05) is 6.92 Å². The van der Waals surface area contributed by atoms with Crippen molar-refractivity contribution in [2.45, 2.75) is 25.0 Å². The summed E-state index contributed by atoms with van der Waals surface area (Å²) in [6, 6.07) is 0. The number of likely N-dealkylation sites (tertiary alicyclic amines) is 1. The zero-order valence-electron chi connectivity index (χ0n) is 8.88. The SMILES string of the molecule is CSC(C)CNCCN1CCCC1. The van der Waals surface area contributed by atoms with E-state index in [9.17, 15) is 0 Å². The molecule has 0 radical (unpaired) electrons. The summed E-state index contributed by atoms with van der Waals surface area (Å²) in [7, 11) is 0. The van der Waals surface area contributed by atoms with Gasteiger partial charge in [-0.05, 0) is 32.2 Å². The first-order valence-corrected chi connectivity index (χ1v) is 6.57. The topological polar surface area (TPSA) is 15.3 Å². The van der Waals surface area contributed by atoms with Crippen LogP contribution in [0.2, 0.25) is 0 Å². The molecule has 2 nitrogen and oxygen atoms in total. The Hall–Kier alpha value is 0.270. The second kappa shape index (κ2) is 6.68. The monoisotopic (exact) mass is 202 g/mol. The predicted octanol–water partition coefficient (Wildman–Crippen LogP) is 1.42. The van der Waals surface area contributed by atoms with Gasteiger partial charge in [-0.25, -0.2) is 0 Å². The minimum absolute atomic E-state index is 0.749. The van der Waals surface area contributed by atoms with Crippen LogP contribution < -0.4 is 5.32 Å². The van der Waals surface area contributed by atoms with Crippen molar-refractivity contribution in [1.29, 1.82) is 0 Å². The van der Waals surface area contributed by atoms with Crippen LogP contribution in [0.1, 0.15) is 19.8 Å². The minimum atomic E-state index is 0.749. The number of hydrogen-bond donors (Lipinski definition) is 1. The molecule has 1 saturated heterocycles. The first-order valence-electron chi connectivity index (χ1n) is 5.29. The molecule has 0 amide bonds. The normalized spacial score (nSPS) is 20.8. The molecule has 0 saturated carbocycles. The van der Waals surface area contributed by atoms with Crippen LogP contribution in [0.25, 0.3) is 0 Å². The van der Waals surface area contributed by atoms with Crippen molar-refractivity contribution in [2.75, 3.05) is 39.0 Å². The summed E-state index contributed by atoms with van der Waals surface area (Å²) in [5.74, 6) is 0. The van der Waals surface area contributed by atoms with Gasteiger partial charge in [-0.2, -0.15) is 11.8 Å². The molecule has 1 aliphatic heterocycles. The van der Waals surface area contributed by atoms with E-state index in [1.54, 1.807) is 0 Å². The number of hydrogen-bond acceptors (Lipinski definition) is 3. The molecule has 13 heavy (non-hydrogen) atoms. The van der Waals surface area contributed by atoms with Crippen LogP contribution in [0.4, 0.5) is 0 Å². The fraction of sp³-hybridized carbons (Fsp3) is 1.00. The number of rotatable bonds is 6. The van der Waals surface area contributed by atoms with Gasteiger partial charge in [0.15, 0.2) is 0 Å². The van der Waals surface area contributed by atoms with E-state index in [0.29, 0.717) is 0 Å². The van der Waals surface area contributed by atoms with Crippen molar-refractivity contribution in [1.82, 2.24) is 10.2 Å². The first kappa shape index (κ1) is 11.3. The summed E-state index contributed by atoms with van der Waals surface area (Å²) in [6.45, 7) is 8.45. The van der Waals surface area contributed by atoms with Gasteiger partial charge in [0.25, 0.3) is 0 Å². The third-order valence-electron chi connectivity index (χ3n) is 2.64. The second-order valence-corrected chi connectivity index (χ2v) is 5.08. The van der Waals surface area contributed by atoms with Crippen molar-refractivity contribution in [3.05, 3.63) is 0 Å². The van der Waals surface area contributed by atoms with Crippen molar-refractivity contribution in [3.63, 3.8) is 0 Å². The van der Waals surface area contributed by atoms with Crippen LogP contribution in [0.5, 0.6) is 0 Å². The maximum atomic E-state index is 3.50. The van der Waals surface area contributed by atoms with E-state index in [4.69, 9.17) is 0 Å². The van der Waals surface area contributed by atoms with Gasteiger partial charge in [0.05, 0.1) is 0 Å². The summed E-state index contributed by atoms with van der Waals surface area (Å²) in [5.41, 5.74) is 0. The first-order chi connectivity index (χ1) is 6.33. The van der Waals surface area contributed by atoms with Gasteiger partial charge in [0, 0.05) is 24.9 Å². The molecular weight excluding hydrogens is 180 g/mol. The van der Waals surface area contributed by atoms with Crippen LogP contribution in [-0.4, -0.2) is 49.1 Å². The number of nitrogens with one attached hydrogen (secondary N) is 1. The molecule has 0 aliphatic carbocycles. The maximum Gasteiger partial charge on any atom is 0.0141 e. The average Bonchev–Trinajstić information content (AvgIpc) is 2.64. The molecule has 1 rings (SSSR count). The molecule has 1 atom stereocenters. The standard InChI is InChI=1S/C10H22N2S/c1-10(13-2)9-11-5-8-12-6-3-4-7-12/h10-11H,3-9H2,1-2H3. The fourth-order valence-electron chi connectivity index (χ4n) is 1.63. The molecule has 0 spiro atoms. The summed E-state index contributed by atoms with van der Waals surface area (Å²) in [4.78, 5) is 2.55. The zero-order valence-corrected chi connectivity index (χ0v) is 9.70. The Kier molecular flexibility index (Phi) is 5.83. The lowest BCUT2D eigenvalue weighted by molar-refractivity contribution is 0.336. The molecule has 1 heterocycles. The largest absolute Gasteiger partial charge is 0.314 e. The van der Waals surface area contributed by atoms with Crippen LogP contribution in [0.3, 0.4) is 0 Å². The Morgan fingerprint density at radius 1 is 1.38 bits per heavy atom. The molecule has 3 heteroatoms. The second-order valence-electron chi connectivity index (χ2n) is 3.80. The molecule has 1 fully saturated rings. The highest BCUT2D eigenvalue weighted by Gasteiger charge is 2.10. The quantitative estimate of drug-likeness (QED) is 0.656. The van der Waals surface area contributed by atoms with E-state index >= 15 is 0 Å². The Morgan fingerprint density at radius 3 is 2.69 bits per heavy atom. The van der Waals surface area contributed by atoms with Crippen LogP contribution in [0, 0.1) is 0 Å². The lowest BCUT2D eigenvalue weighted by Crippen LogP contribution is -2.32. The van der Waals surface area contributed by atoms with Crippen molar-refractivity contribution >= 4 is 11.8 Å². The average molecular weight is 202 g/mol. The van der Waals surface area contributed by atoms with Gasteiger partial charge in [0.2, 0.25) is 0 Å². The van der Waals surface area contributed by atoms with Crippen LogP contribution in [0.15, 0.2) is 0 Å². The molecule has 1 N–H and O–H groups in total. The molecule has 78 valence electrons. The smallest absolute Gasteiger partial charge is 0.0141 e. The summed E-state index contributed by atoms with van der Waals surface area (Å²) >= 11 is 1.93. The molecule has 1 unspecified atom stereocenters. The Morgan fingerprint density at radius 2 is 2.08 bits per heavy atom. The Balaban J connectivity index is 1.88. The summed E-state index contributed by atoms with van der Waals surface area (Å²) < 4.78 is 0. The van der Waals surface area contributed by atoms with E-state index in [1.165, 1.54) is 32.5 Å². The molecule has 1 aliphatic rings. The van der Waals surface area contributed by atoms with Gasteiger partial charge in [-0.15, -0.1) is 0 Å². The van der Waals surface area contributed by atoms with Crippen LogP contribution >= 0.6 is 11.8 Å². The Labute approximate surface area is 86.5 Å². The third kappa shape index (κ3) is 4.89. The summed E-state index contributed by atoms with van der Waals surface area (Å²) in [5, 5.41) is 4.25. The van der Waals surface area contributed by atoms with Gasteiger partial charge in [-0.3, -0.25) is 0 Å². The van der Waals surface area contributed by atoms with Crippen LogP contribution in [-0.2, 0) is 0 Å². The molecule has 0 aromatic rings. The molecule has 0 bridgehead atoms. The highest BCUT2D eigenvalue weighted by Crippen LogP contribution is 2.06. The van der Waals surface area contributed by atoms with Gasteiger partial charge < -0.3 is 10.2 Å². The highest BCUT2D eigenvalue weighted by molar-refractivity contribution is 7.99. The number of nitrogens with zero attached hydrogens (tertiary/aromatic N) is 1. The van der Waals surface area contributed by atoms with Crippen molar-refractivity contribution in [2.24, 2.45) is 0 Å². The molecule has 0 aromatic carbocycles. The van der Waals surface area contributed by atoms with E-state index < -0.39 is 0 Å². The van der Waals surface area contributed by atoms with Gasteiger partial charge in [0.1, 0.15) is 0 Å². The molecule has 0 aromatic heterocycles. The van der Waals surface area contributed by atoms with E-state index in [2.05, 4.69) is 23.4 Å².